The van der Waals surface area contributed by atoms with Gasteiger partial charge < -0.3 is 14.2 Å². The van der Waals surface area contributed by atoms with Gasteiger partial charge in [-0.05, 0) is 71.0 Å². The van der Waals surface area contributed by atoms with E-state index in [0.717, 1.165) is 27.8 Å². The maximum Gasteiger partial charge on any atom is 0.427 e. The van der Waals surface area contributed by atoms with Crippen molar-refractivity contribution in [1.82, 2.24) is 4.72 Å². The van der Waals surface area contributed by atoms with Crippen molar-refractivity contribution in [3.8, 4) is 11.5 Å². The molecule has 0 aromatic heterocycles. The number of fused-ring (bicyclic) bond motifs is 1. The molecule has 2 aliphatic rings. The summed E-state index contributed by atoms with van der Waals surface area (Å²) in [5.74, 6) is -0.797. The quantitative estimate of drug-likeness (QED) is 0.289. The van der Waals surface area contributed by atoms with Gasteiger partial charge in [0.2, 0.25) is 5.60 Å². The van der Waals surface area contributed by atoms with Crippen LogP contribution in [0.1, 0.15) is 33.6 Å². The number of amides is 1. The van der Waals surface area contributed by atoms with Crippen molar-refractivity contribution in [2.75, 3.05) is 36.4 Å². The van der Waals surface area contributed by atoms with Gasteiger partial charge >= 0.3 is 12.3 Å². The van der Waals surface area contributed by atoms with Crippen molar-refractivity contribution in [1.29, 1.82) is 0 Å². The minimum atomic E-state index is -4.80. The number of ether oxygens (including phenoxy) is 3. The highest BCUT2D eigenvalue weighted by atomic mass is 32.2. The van der Waals surface area contributed by atoms with E-state index in [1.165, 1.54) is 31.0 Å². The highest BCUT2D eigenvalue weighted by Gasteiger charge is 2.51. The molecule has 1 amide bonds. The number of carbonyl (C=O) groups excluding carboxylic acids is 1. The van der Waals surface area contributed by atoms with E-state index < -0.39 is 33.7 Å². The standard InChI is InChI=1S/C21H22F4N2O6S.C4H9NS/c1-4-31-18-12-14(6-7-15(18)22)34(29,30)27-9-10-32-17-8-5-13(11-16(17)27)26-19(28)33-20(2,3)21(23,24)25;1-5-6-4-2-3-4/h5-8,11-12H,4,9-10H2,1-3H3,(H,26,28);4-5H,2-3H2,1H3. The Morgan fingerprint density at radius 1 is 1.18 bits per heavy atom. The summed E-state index contributed by atoms with van der Waals surface area (Å²) in [7, 11) is -2.24. The second-order valence-corrected chi connectivity index (χ2v) is 12.4. The molecule has 0 bridgehead atoms. The summed E-state index contributed by atoms with van der Waals surface area (Å²) in [5.41, 5.74) is -2.74. The molecule has 1 aliphatic heterocycles. The Balaban J connectivity index is 0.000000649. The number of sulfonamides is 1. The SMILES string of the molecule is CCOc1cc(S(=O)(=O)N2CCOc3ccc(NC(=O)OC(C)(C)C(F)(F)F)cc32)ccc1F.CNSC1CC1. The summed E-state index contributed by atoms with van der Waals surface area (Å²) in [6.07, 6.45) is -3.33. The molecule has 1 saturated carbocycles. The molecule has 1 fully saturated rings. The molecule has 4 rings (SSSR count). The zero-order valence-corrected chi connectivity index (χ0v) is 23.9. The molecule has 2 aromatic carbocycles. The molecule has 1 aliphatic carbocycles. The van der Waals surface area contributed by atoms with Gasteiger partial charge in [0.15, 0.2) is 11.6 Å². The first-order valence-electron chi connectivity index (χ1n) is 12.3. The van der Waals surface area contributed by atoms with Crippen molar-refractivity contribution in [2.45, 2.75) is 55.5 Å². The van der Waals surface area contributed by atoms with Crippen molar-refractivity contribution in [3.05, 3.63) is 42.2 Å². The number of hydrogen-bond acceptors (Lipinski definition) is 8. The van der Waals surface area contributed by atoms with Gasteiger partial charge in [0.05, 0.1) is 23.7 Å². The zero-order valence-electron chi connectivity index (χ0n) is 22.3. The lowest BCUT2D eigenvalue weighted by molar-refractivity contribution is -0.242. The van der Waals surface area contributed by atoms with Gasteiger partial charge in [-0.15, -0.1) is 0 Å². The van der Waals surface area contributed by atoms with Crippen LogP contribution in [-0.2, 0) is 14.8 Å². The average Bonchev–Trinajstić information content (AvgIpc) is 3.69. The van der Waals surface area contributed by atoms with Gasteiger partial charge in [-0.2, -0.15) is 13.2 Å². The number of carbonyl (C=O) groups is 1. The first-order valence-corrected chi connectivity index (χ1v) is 14.6. The van der Waals surface area contributed by atoms with Gasteiger partial charge in [0.25, 0.3) is 10.0 Å². The summed E-state index contributed by atoms with van der Waals surface area (Å²) < 4.78 is 98.6. The normalized spacial score (nSPS) is 15.2. The summed E-state index contributed by atoms with van der Waals surface area (Å²) in [6, 6.07) is 7.01. The number of benzene rings is 2. The van der Waals surface area contributed by atoms with Crippen LogP contribution in [0.2, 0.25) is 0 Å². The highest BCUT2D eigenvalue weighted by Crippen LogP contribution is 2.39. The summed E-state index contributed by atoms with van der Waals surface area (Å²) >= 11 is 1.85. The molecule has 15 heteroatoms. The van der Waals surface area contributed by atoms with E-state index in [2.05, 4.69) is 14.8 Å². The zero-order chi connectivity index (χ0) is 29.7. The predicted octanol–water partition coefficient (Wildman–Crippen LogP) is 5.72. The van der Waals surface area contributed by atoms with E-state index in [-0.39, 0.29) is 47.5 Å². The minimum Gasteiger partial charge on any atom is -0.491 e. The number of hydrogen-bond donors (Lipinski definition) is 2. The summed E-state index contributed by atoms with van der Waals surface area (Å²) in [4.78, 5) is 11.8. The first kappa shape index (κ1) is 31.6. The molecule has 2 aromatic rings. The molecule has 1 heterocycles. The Bertz CT molecular complexity index is 1300. The van der Waals surface area contributed by atoms with Gasteiger partial charge in [-0.1, -0.05) is 11.9 Å². The largest absolute Gasteiger partial charge is 0.491 e. The van der Waals surface area contributed by atoms with Crippen LogP contribution < -0.4 is 23.8 Å². The Kier molecular flexibility index (Phi) is 10.1. The van der Waals surface area contributed by atoms with Crippen LogP contribution in [0.4, 0.5) is 33.7 Å². The van der Waals surface area contributed by atoms with E-state index in [1.807, 2.05) is 19.0 Å². The molecule has 0 atom stereocenters. The molecule has 0 radical (unpaired) electrons. The van der Waals surface area contributed by atoms with Gasteiger partial charge in [-0.3, -0.25) is 14.3 Å². The third-order valence-corrected chi connectivity index (χ3v) is 8.51. The molecular weight excluding hydrogens is 578 g/mol. The number of halogens is 4. The number of rotatable bonds is 8. The maximum atomic E-state index is 13.9. The smallest absolute Gasteiger partial charge is 0.427 e. The first-order chi connectivity index (χ1) is 18.7. The lowest BCUT2D eigenvalue weighted by Crippen LogP contribution is -2.44. The van der Waals surface area contributed by atoms with Crippen LogP contribution in [0.3, 0.4) is 0 Å². The Hall–Kier alpha value is -2.91. The second kappa shape index (κ2) is 12.7. The van der Waals surface area contributed by atoms with Gasteiger partial charge in [0, 0.05) is 17.0 Å². The fourth-order valence-corrected chi connectivity index (χ4v) is 5.52. The van der Waals surface area contributed by atoms with E-state index in [0.29, 0.717) is 13.8 Å². The summed E-state index contributed by atoms with van der Waals surface area (Å²) in [5, 5.41) is 3.11. The minimum absolute atomic E-state index is 0.0142. The Morgan fingerprint density at radius 3 is 2.45 bits per heavy atom. The predicted molar refractivity (Wildman–Crippen MR) is 144 cm³/mol. The van der Waals surface area contributed by atoms with E-state index in [9.17, 15) is 30.8 Å². The van der Waals surface area contributed by atoms with Crippen LogP contribution in [-0.4, -0.2) is 58.3 Å². The number of alkyl halides is 3. The third kappa shape index (κ3) is 7.85. The average molecular weight is 610 g/mol. The van der Waals surface area contributed by atoms with Crippen LogP contribution in [0.15, 0.2) is 41.3 Å². The molecule has 9 nitrogen and oxygen atoms in total. The molecule has 2 N–H and O–H groups in total. The highest BCUT2D eigenvalue weighted by molar-refractivity contribution is 7.98. The fraction of sp³-hybridized carbons (Fsp3) is 0.480. The molecule has 0 spiro atoms. The van der Waals surface area contributed by atoms with Crippen molar-refractivity contribution >= 4 is 39.4 Å². The number of nitrogens with one attached hydrogen (secondary N) is 2. The van der Waals surface area contributed by atoms with E-state index in [4.69, 9.17) is 9.47 Å². The molecule has 0 unspecified atom stereocenters. The molecule has 0 saturated heterocycles. The lowest BCUT2D eigenvalue weighted by atomic mass is 10.1. The van der Waals surface area contributed by atoms with Crippen LogP contribution in [0.5, 0.6) is 11.5 Å². The number of nitrogens with zero attached hydrogens (tertiary/aromatic N) is 1. The topological polar surface area (TPSA) is 106 Å². The monoisotopic (exact) mass is 609 g/mol. The molecular formula is C25H31F4N3O6S2. The van der Waals surface area contributed by atoms with Crippen LogP contribution in [0, 0.1) is 5.82 Å². The van der Waals surface area contributed by atoms with Crippen LogP contribution in [0.25, 0.3) is 0 Å². The van der Waals surface area contributed by atoms with E-state index in [1.54, 1.807) is 6.92 Å². The van der Waals surface area contributed by atoms with Crippen molar-refractivity contribution < 1.29 is 45.0 Å². The Labute approximate surface area is 234 Å². The molecule has 222 valence electrons. The van der Waals surface area contributed by atoms with E-state index >= 15 is 0 Å². The molecule has 40 heavy (non-hydrogen) atoms. The van der Waals surface area contributed by atoms with Crippen LogP contribution >= 0.6 is 11.9 Å². The van der Waals surface area contributed by atoms with Crippen molar-refractivity contribution in [2.24, 2.45) is 0 Å². The van der Waals surface area contributed by atoms with Gasteiger partial charge in [0.1, 0.15) is 12.4 Å². The second-order valence-electron chi connectivity index (χ2n) is 9.18. The lowest BCUT2D eigenvalue weighted by Gasteiger charge is -2.31. The van der Waals surface area contributed by atoms with Gasteiger partial charge in [-0.25, -0.2) is 17.6 Å². The Morgan fingerprint density at radius 2 is 1.88 bits per heavy atom. The summed E-state index contributed by atoms with van der Waals surface area (Å²) in [6.45, 7) is 3.04. The fourth-order valence-electron chi connectivity index (χ4n) is 3.34. The maximum absolute atomic E-state index is 13.9. The number of anilines is 2. The third-order valence-electron chi connectivity index (χ3n) is 5.66. The van der Waals surface area contributed by atoms with Crippen molar-refractivity contribution in [3.63, 3.8) is 0 Å².